The Morgan fingerprint density at radius 3 is 1.06 bits per heavy atom. The maximum atomic E-state index is 3.58. The average Bonchev–Trinajstić information content (AvgIpc) is 3.20. The van der Waals surface area contributed by atoms with Crippen LogP contribution in [0.3, 0.4) is 0 Å². The highest BCUT2D eigenvalue weighted by atomic mass is 14.2. The molecule has 0 amide bonds. The molecule has 0 heteroatoms. The lowest BCUT2D eigenvalue weighted by atomic mass is 9.89. The molecule has 0 aromatic heterocycles. The molecule has 5 rings (SSSR count). The number of benzene rings is 5. The van der Waals surface area contributed by atoms with E-state index < -0.39 is 0 Å². The van der Waals surface area contributed by atoms with E-state index in [1.54, 1.807) is 0 Å². The van der Waals surface area contributed by atoms with Crippen molar-refractivity contribution in [2.45, 2.75) is 117 Å². The fourth-order valence-electron chi connectivity index (χ4n) is 6.88. The van der Waals surface area contributed by atoms with Gasteiger partial charge >= 0.3 is 0 Å². The lowest BCUT2D eigenvalue weighted by Gasteiger charge is -2.13. The predicted molar refractivity (Wildman–Crippen MR) is 226 cm³/mol. The topological polar surface area (TPSA) is 0 Å². The number of hydrogen-bond acceptors (Lipinski definition) is 0. The van der Waals surface area contributed by atoms with Crippen LogP contribution in [-0.4, -0.2) is 0 Å². The van der Waals surface area contributed by atoms with Crippen molar-refractivity contribution in [3.63, 3.8) is 0 Å². The predicted octanol–water partition coefficient (Wildman–Crippen LogP) is 14.4. The molecule has 0 saturated carbocycles. The third-order valence-corrected chi connectivity index (χ3v) is 10.1. The molecule has 0 unspecified atom stereocenters. The van der Waals surface area contributed by atoms with Gasteiger partial charge in [-0.15, -0.1) is 0 Å². The molecule has 0 aliphatic carbocycles. The van der Waals surface area contributed by atoms with E-state index in [0.29, 0.717) is 0 Å². The molecule has 0 spiro atoms. The monoisotopic (exact) mass is 682 g/mol. The summed E-state index contributed by atoms with van der Waals surface area (Å²) in [5, 5.41) is 0. The Hall–Kier alpha value is -4.78. The molecule has 0 bridgehead atoms. The number of aryl methyl sites for hydroxylation is 2. The van der Waals surface area contributed by atoms with Crippen LogP contribution in [0.2, 0.25) is 0 Å². The second kappa shape index (κ2) is 22.2. The second-order valence-electron chi connectivity index (χ2n) is 14.3. The zero-order valence-electron chi connectivity index (χ0n) is 31.9. The first-order valence-electron chi connectivity index (χ1n) is 20.2. The highest BCUT2D eigenvalue weighted by Gasteiger charge is 2.13. The van der Waals surface area contributed by atoms with Crippen molar-refractivity contribution >= 4 is 0 Å². The van der Waals surface area contributed by atoms with Gasteiger partial charge in [0.1, 0.15) is 0 Å². The van der Waals surface area contributed by atoms with Crippen molar-refractivity contribution in [3.8, 4) is 45.9 Å². The summed E-state index contributed by atoms with van der Waals surface area (Å²) in [4.78, 5) is 0. The minimum Gasteiger partial charge on any atom is -0.0654 e. The van der Waals surface area contributed by atoms with Crippen molar-refractivity contribution in [1.29, 1.82) is 0 Å². The summed E-state index contributed by atoms with van der Waals surface area (Å²) in [5.74, 6) is 14.1. The third-order valence-electron chi connectivity index (χ3n) is 10.1. The molecule has 266 valence electrons. The van der Waals surface area contributed by atoms with Gasteiger partial charge in [0, 0.05) is 22.3 Å². The molecule has 0 N–H and O–H groups in total. The lowest BCUT2D eigenvalue weighted by Crippen LogP contribution is -1.94. The molecule has 5 aromatic carbocycles. The molecular formula is C52H58. The Balaban J connectivity index is 1.44. The van der Waals surface area contributed by atoms with E-state index in [-0.39, 0.29) is 0 Å². The largest absolute Gasteiger partial charge is 0.0654 e. The first-order valence-corrected chi connectivity index (χ1v) is 20.2. The van der Waals surface area contributed by atoms with Crippen LogP contribution in [0, 0.1) is 23.7 Å². The first kappa shape index (κ1) is 38.5. The Morgan fingerprint density at radius 1 is 0.346 bits per heavy atom. The van der Waals surface area contributed by atoms with E-state index in [9.17, 15) is 0 Å². The van der Waals surface area contributed by atoms with Crippen molar-refractivity contribution in [2.24, 2.45) is 0 Å². The van der Waals surface area contributed by atoms with Crippen molar-refractivity contribution < 1.29 is 0 Å². The van der Waals surface area contributed by atoms with Gasteiger partial charge < -0.3 is 0 Å². The first-order chi connectivity index (χ1) is 25.7. The van der Waals surface area contributed by atoms with E-state index in [2.05, 4.69) is 147 Å². The van der Waals surface area contributed by atoms with Crippen LogP contribution in [0.15, 0.2) is 121 Å². The van der Waals surface area contributed by atoms with E-state index in [1.165, 1.54) is 112 Å². The van der Waals surface area contributed by atoms with Gasteiger partial charge in [0.2, 0.25) is 0 Å². The summed E-state index contributed by atoms with van der Waals surface area (Å²) in [5.41, 5.74) is 11.5. The van der Waals surface area contributed by atoms with Crippen molar-refractivity contribution in [3.05, 3.63) is 155 Å². The fraction of sp³-hybridized carbons (Fsp3) is 0.346. The normalized spacial score (nSPS) is 10.7. The quantitative estimate of drug-likeness (QED) is 0.0637. The summed E-state index contributed by atoms with van der Waals surface area (Å²) in [7, 11) is 0. The third kappa shape index (κ3) is 12.8. The highest BCUT2D eigenvalue weighted by molar-refractivity contribution is 5.82. The SMILES string of the molecule is CCCCCCCCCc1ccc(-c2cc(C#Cc3ccccc3)c(-c3ccc(CCCCCCCCC)cc3)cc2C#Cc2ccccc2)cc1. The summed E-state index contributed by atoms with van der Waals surface area (Å²) < 4.78 is 0. The van der Waals surface area contributed by atoms with Crippen LogP contribution in [0.1, 0.15) is 137 Å². The van der Waals surface area contributed by atoms with Gasteiger partial charge in [-0.25, -0.2) is 0 Å². The van der Waals surface area contributed by atoms with Crippen LogP contribution in [-0.2, 0) is 12.8 Å². The second-order valence-corrected chi connectivity index (χ2v) is 14.3. The standard InChI is InChI=1S/C52H58/c1-3-5-7-9-11-13-17-27-45-29-35-47(36-30-45)51-41-50(40-34-44-25-21-16-22-26-44)52(42-49(51)39-33-43-23-19-15-20-24-43)48-37-31-46(32-38-48)28-18-14-12-10-8-6-4-2/h15-16,19-26,29-32,35-38,41-42H,3-14,17-18,27-28H2,1-2H3. The van der Waals surface area contributed by atoms with Gasteiger partial charge in [0.05, 0.1) is 0 Å². The number of unbranched alkanes of at least 4 members (excludes halogenated alkanes) is 12. The minimum atomic E-state index is 1.02. The van der Waals surface area contributed by atoms with Gasteiger partial charge in [0.15, 0.2) is 0 Å². The average molecular weight is 683 g/mol. The molecule has 0 heterocycles. The maximum absolute atomic E-state index is 3.58. The van der Waals surface area contributed by atoms with Gasteiger partial charge in [-0.2, -0.15) is 0 Å². The molecule has 5 aromatic rings. The minimum absolute atomic E-state index is 1.02. The Labute approximate surface area is 316 Å². The summed E-state index contributed by atoms with van der Waals surface area (Å²) in [6.45, 7) is 4.57. The smallest absolute Gasteiger partial charge is 0.0334 e. The lowest BCUT2D eigenvalue weighted by molar-refractivity contribution is 0.589. The zero-order valence-corrected chi connectivity index (χ0v) is 31.9. The molecular weight excluding hydrogens is 625 g/mol. The van der Waals surface area contributed by atoms with Gasteiger partial charge in [-0.05, 0) is 95.5 Å². The van der Waals surface area contributed by atoms with Crippen molar-refractivity contribution in [2.75, 3.05) is 0 Å². The van der Waals surface area contributed by atoms with E-state index in [0.717, 1.165) is 46.2 Å². The van der Waals surface area contributed by atoms with E-state index >= 15 is 0 Å². The van der Waals surface area contributed by atoms with Crippen LogP contribution in [0.25, 0.3) is 22.3 Å². The maximum Gasteiger partial charge on any atom is 0.0334 e. The zero-order chi connectivity index (χ0) is 36.1. The molecule has 0 aliphatic heterocycles. The fourth-order valence-corrected chi connectivity index (χ4v) is 6.88. The molecule has 0 nitrogen and oxygen atoms in total. The number of hydrogen-bond donors (Lipinski definition) is 0. The Bertz CT molecular complexity index is 1730. The Morgan fingerprint density at radius 2 is 0.692 bits per heavy atom. The molecule has 0 saturated heterocycles. The molecule has 0 fully saturated rings. The van der Waals surface area contributed by atoms with Gasteiger partial charge in [-0.3, -0.25) is 0 Å². The van der Waals surface area contributed by atoms with E-state index in [4.69, 9.17) is 0 Å². The van der Waals surface area contributed by atoms with Crippen molar-refractivity contribution in [1.82, 2.24) is 0 Å². The summed E-state index contributed by atoms with van der Waals surface area (Å²) >= 11 is 0. The molecule has 0 aliphatic rings. The highest BCUT2D eigenvalue weighted by Crippen LogP contribution is 2.33. The Kier molecular flexibility index (Phi) is 16.4. The summed E-state index contributed by atoms with van der Waals surface area (Å²) in [6.07, 6.45) is 21.0. The van der Waals surface area contributed by atoms with E-state index in [1.807, 2.05) is 12.1 Å². The van der Waals surface area contributed by atoms with Gasteiger partial charge in [-0.1, -0.05) is 200 Å². The van der Waals surface area contributed by atoms with Crippen LogP contribution in [0.5, 0.6) is 0 Å². The van der Waals surface area contributed by atoms with Crippen LogP contribution >= 0.6 is 0 Å². The summed E-state index contributed by atoms with van der Waals surface area (Å²) in [6, 6.07) is 43.6. The van der Waals surface area contributed by atoms with Gasteiger partial charge in [0.25, 0.3) is 0 Å². The van der Waals surface area contributed by atoms with Crippen LogP contribution < -0.4 is 0 Å². The molecule has 0 radical (unpaired) electrons. The number of rotatable bonds is 18. The molecule has 0 atom stereocenters. The molecule has 52 heavy (non-hydrogen) atoms. The van der Waals surface area contributed by atoms with Crippen LogP contribution in [0.4, 0.5) is 0 Å².